The molecule has 2 aromatic rings. The van der Waals surface area contributed by atoms with Gasteiger partial charge >= 0.3 is 0 Å². The molecule has 0 unspecified atom stereocenters. The fourth-order valence-electron chi connectivity index (χ4n) is 1.86. The Bertz CT molecular complexity index is 530. The number of halogens is 1. The first kappa shape index (κ1) is 12.8. The van der Waals surface area contributed by atoms with E-state index in [1.165, 1.54) is 4.80 Å². The zero-order valence-electron chi connectivity index (χ0n) is 10.6. The van der Waals surface area contributed by atoms with E-state index in [-0.39, 0.29) is 0 Å². The summed E-state index contributed by atoms with van der Waals surface area (Å²) in [6.07, 6.45) is 0. The fraction of sp³-hybridized carbons (Fsp3) is 0.417. The first-order valence-corrected chi connectivity index (χ1v) is 6.15. The van der Waals surface area contributed by atoms with Crippen LogP contribution in [-0.2, 0) is 19.5 Å². The van der Waals surface area contributed by atoms with Gasteiger partial charge in [-0.2, -0.15) is 4.80 Å². The molecule has 6 heteroatoms. The van der Waals surface area contributed by atoms with Crippen LogP contribution in [0.5, 0.6) is 5.75 Å². The number of hydrogen-bond acceptors (Lipinski definition) is 4. The number of rotatable bonds is 4. The zero-order valence-corrected chi connectivity index (χ0v) is 11.4. The molecule has 0 amide bonds. The van der Waals surface area contributed by atoms with Gasteiger partial charge in [0.15, 0.2) is 6.61 Å². The fourth-order valence-corrected chi connectivity index (χ4v) is 2.02. The number of nitrogens with zero attached hydrogens (tertiary/aromatic N) is 4. The SMILES string of the molecule is Cc1cc(CCl)cc(C)c1OCc1nnn(C)n1. The highest BCUT2D eigenvalue weighted by Crippen LogP contribution is 2.26. The van der Waals surface area contributed by atoms with E-state index in [1.807, 2.05) is 26.0 Å². The Labute approximate surface area is 111 Å². The second kappa shape index (κ2) is 5.35. The molecule has 18 heavy (non-hydrogen) atoms. The Kier molecular flexibility index (Phi) is 3.81. The standard InChI is InChI=1S/C12H15ClN4O/c1-8-4-10(6-13)5-9(2)12(8)18-7-11-14-16-17(3)15-11/h4-5H,6-7H2,1-3H3. The average Bonchev–Trinajstić information content (AvgIpc) is 2.73. The van der Waals surface area contributed by atoms with Gasteiger partial charge in [-0.1, -0.05) is 12.1 Å². The molecule has 96 valence electrons. The Morgan fingerprint density at radius 1 is 1.28 bits per heavy atom. The zero-order chi connectivity index (χ0) is 13.1. The van der Waals surface area contributed by atoms with Crippen molar-refractivity contribution in [3.8, 4) is 5.75 Å². The molecular formula is C12H15ClN4O. The van der Waals surface area contributed by atoms with Crippen molar-refractivity contribution in [1.82, 2.24) is 20.2 Å². The molecule has 0 radical (unpaired) electrons. The van der Waals surface area contributed by atoms with E-state index in [2.05, 4.69) is 15.4 Å². The van der Waals surface area contributed by atoms with Crippen LogP contribution in [0.1, 0.15) is 22.5 Å². The predicted molar refractivity (Wildman–Crippen MR) is 68.6 cm³/mol. The summed E-state index contributed by atoms with van der Waals surface area (Å²) in [6.45, 7) is 4.32. The molecule has 1 aromatic carbocycles. The number of alkyl halides is 1. The minimum absolute atomic E-state index is 0.315. The van der Waals surface area contributed by atoms with Crippen LogP contribution in [-0.4, -0.2) is 20.2 Å². The first-order chi connectivity index (χ1) is 8.60. The highest BCUT2D eigenvalue weighted by Gasteiger charge is 2.08. The average molecular weight is 267 g/mol. The Morgan fingerprint density at radius 2 is 1.94 bits per heavy atom. The molecule has 0 fully saturated rings. The molecule has 5 nitrogen and oxygen atoms in total. The summed E-state index contributed by atoms with van der Waals surface area (Å²) >= 11 is 5.83. The number of tetrazole rings is 1. The summed E-state index contributed by atoms with van der Waals surface area (Å²) in [5.74, 6) is 1.93. The molecular weight excluding hydrogens is 252 g/mol. The predicted octanol–water partition coefficient (Wildman–Crippen LogP) is 2.14. The van der Waals surface area contributed by atoms with Gasteiger partial charge in [0.1, 0.15) is 5.75 Å². The summed E-state index contributed by atoms with van der Waals surface area (Å²) in [7, 11) is 1.72. The third-order valence-electron chi connectivity index (χ3n) is 2.57. The van der Waals surface area contributed by atoms with E-state index in [9.17, 15) is 0 Å². The van der Waals surface area contributed by atoms with Crippen molar-refractivity contribution in [3.05, 3.63) is 34.6 Å². The van der Waals surface area contributed by atoms with E-state index in [4.69, 9.17) is 16.3 Å². The van der Waals surface area contributed by atoms with Crippen molar-refractivity contribution in [2.24, 2.45) is 7.05 Å². The molecule has 0 aliphatic heterocycles. The van der Waals surface area contributed by atoms with Crippen molar-refractivity contribution in [3.63, 3.8) is 0 Å². The smallest absolute Gasteiger partial charge is 0.212 e. The van der Waals surface area contributed by atoms with Crippen molar-refractivity contribution in [2.75, 3.05) is 0 Å². The van der Waals surface area contributed by atoms with E-state index in [0.717, 1.165) is 22.4 Å². The lowest BCUT2D eigenvalue weighted by molar-refractivity contribution is 0.291. The van der Waals surface area contributed by atoms with Gasteiger partial charge in [-0.15, -0.1) is 21.8 Å². The highest BCUT2D eigenvalue weighted by atomic mass is 35.5. The highest BCUT2D eigenvalue weighted by molar-refractivity contribution is 6.17. The summed E-state index contributed by atoms with van der Waals surface area (Å²) in [6, 6.07) is 4.05. The normalized spacial score (nSPS) is 10.7. The van der Waals surface area contributed by atoms with Gasteiger partial charge in [-0.05, 0) is 35.8 Å². The van der Waals surface area contributed by atoms with Crippen LogP contribution < -0.4 is 4.74 Å². The number of hydrogen-bond donors (Lipinski definition) is 0. The van der Waals surface area contributed by atoms with Crippen molar-refractivity contribution in [2.45, 2.75) is 26.3 Å². The van der Waals surface area contributed by atoms with Gasteiger partial charge in [0.25, 0.3) is 0 Å². The molecule has 0 N–H and O–H groups in total. The minimum atomic E-state index is 0.315. The largest absolute Gasteiger partial charge is 0.485 e. The Balaban J connectivity index is 2.14. The molecule has 0 saturated carbocycles. The summed E-state index contributed by atoms with van der Waals surface area (Å²) in [5.41, 5.74) is 3.22. The monoisotopic (exact) mass is 266 g/mol. The van der Waals surface area contributed by atoms with Gasteiger partial charge in [0, 0.05) is 5.88 Å². The number of aromatic nitrogens is 4. The lowest BCUT2D eigenvalue weighted by Gasteiger charge is -2.12. The lowest BCUT2D eigenvalue weighted by atomic mass is 10.1. The quantitative estimate of drug-likeness (QED) is 0.796. The van der Waals surface area contributed by atoms with Gasteiger partial charge in [-0.3, -0.25) is 0 Å². The van der Waals surface area contributed by atoms with E-state index in [1.54, 1.807) is 7.05 Å². The molecule has 1 aromatic heterocycles. The van der Waals surface area contributed by atoms with Crippen molar-refractivity contribution in [1.29, 1.82) is 0 Å². The van der Waals surface area contributed by atoms with Crippen LogP contribution >= 0.6 is 11.6 Å². The van der Waals surface area contributed by atoms with E-state index in [0.29, 0.717) is 18.3 Å². The maximum absolute atomic E-state index is 5.83. The van der Waals surface area contributed by atoms with Crippen molar-refractivity contribution >= 4 is 11.6 Å². The molecule has 0 spiro atoms. The van der Waals surface area contributed by atoms with E-state index < -0.39 is 0 Å². The maximum Gasteiger partial charge on any atom is 0.212 e. The summed E-state index contributed by atoms with van der Waals surface area (Å²) < 4.78 is 5.75. The Hall–Kier alpha value is -1.62. The summed E-state index contributed by atoms with van der Waals surface area (Å²) in [4.78, 5) is 1.41. The van der Waals surface area contributed by atoms with Crippen LogP contribution in [0.15, 0.2) is 12.1 Å². The Morgan fingerprint density at radius 3 is 2.44 bits per heavy atom. The van der Waals surface area contributed by atoms with Crippen LogP contribution in [0.25, 0.3) is 0 Å². The number of ether oxygens (including phenoxy) is 1. The molecule has 1 heterocycles. The molecule has 0 atom stereocenters. The maximum atomic E-state index is 5.83. The second-order valence-corrected chi connectivity index (χ2v) is 4.44. The summed E-state index contributed by atoms with van der Waals surface area (Å²) in [5, 5.41) is 11.7. The topological polar surface area (TPSA) is 52.8 Å². The van der Waals surface area contributed by atoms with Crippen LogP contribution in [0, 0.1) is 13.8 Å². The number of aryl methyl sites for hydroxylation is 3. The van der Waals surface area contributed by atoms with Crippen molar-refractivity contribution < 1.29 is 4.74 Å². The second-order valence-electron chi connectivity index (χ2n) is 4.18. The van der Waals surface area contributed by atoms with E-state index >= 15 is 0 Å². The van der Waals surface area contributed by atoms with Crippen LogP contribution in [0.2, 0.25) is 0 Å². The van der Waals surface area contributed by atoms with Crippen LogP contribution in [0.4, 0.5) is 0 Å². The van der Waals surface area contributed by atoms with Gasteiger partial charge in [-0.25, -0.2) is 0 Å². The molecule has 0 aliphatic carbocycles. The third kappa shape index (κ3) is 2.79. The van der Waals surface area contributed by atoms with Crippen LogP contribution in [0.3, 0.4) is 0 Å². The van der Waals surface area contributed by atoms with Gasteiger partial charge in [0.05, 0.1) is 7.05 Å². The first-order valence-electron chi connectivity index (χ1n) is 5.62. The molecule has 0 aliphatic rings. The van der Waals surface area contributed by atoms with Gasteiger partial charge < -0.3 is 4.74 Å². The minimum Gasteiger partial charge on any atom is -0.485 e. The van der Waals surface area contributed by atoms with Gasteiger partial charge in [0.2, 0.25) is 5.82 Å². The number of benzene rings is 1. The third-order valence-corrected chi connectivity index (χ3v) is 2.88. The lowest BCUT2D eigenvalue weighted by Crippen LogP contribution is -2.02. The molecule has 0 bridgehead atoms. The molecule has 0 saturated heterocycles. The molecule has 2 rings (SSSR count).